The summed E-state index contributed by atoms with van der Waals surface area (Å²) < 4.78 is 30.4. The zero-order valence-corrected chi connectivity index (χ0v) is 16.6. The molecule has 0 aliphatic carbocycles. The first-order valence-electron chi connectivity index (χ1n) is 7.86. The molecule has 1 rings (SSSR count). The first-order chi connectivity index (χ1) is 11.8. The van der Waals surface area contributed by atoms with Gasteiger partial charge in [-0.1, -0.05) is 0 Å². The highest BCUT2D eigenvalue weighted by molar-refractivity contribution is 7.92. The Morgan fingerprint density at radius 1 is 1.19 bits per heavy atom. The van der Waals surface area contributed by atoms with E-state index in [0.29, 0.717) is 11.4 Å². The molecular weight excluding hydrogens is 360 g/mol. The number of ether oxygens (including phenoxy) is 1. The van der Waals surface area contributed by atoms with Crippen molar-refractivity contribution < 1.29 is 22.7 Å². The van der Waals surface area contributed by atoms with Crippen molar-refractivity contribution in [3.63, 3.8) is 0 Å². The van der Waals surface area contributed by atoms with Crippen LogP contribution < -0.4 is 25.4 Å². The molecule has 1 atom stereocenters. The van der Waals surface area contributed by atoms with Gasteiger partial charge < -0.3 is 15.4 Å². The predicted octanol–water partition coefficient (Wildman–Crippen LogP) is 1.49. The molecule has 1 aromatic rings. The van der Waals surface area contributed by atoms with Crippen LogP contribution in [0.2, 0.25) is 0 Å². The summed E-state index contributed by atoms with van der Waals surface area (Å²) >= 11 is 0. The van der Waals surface area contributed by atoms with E-state index in [9.17, 15) is 18.0 Å². The summed E-state index contributed by atoms with van der Waals surface area (Å²) in [6, 6.07) is 3.36. The fraction of sp³-hybridized carbons (Fsp3) is 0.500. The first kappa shape index (κ1) is 21.6. The number of rotatable bonds is 6. The molecule has 0 unspecified atom stereocenters. The predicted molar refractivity (Wildman–Crippen MR) is 101 cm³/mol. The van der Waals surface area contributed by atoms with E-state index < -0.39 is 33.5 Å². The Hall–Kier alpha value is -2.49. The molecule has 0 radical (unpaired) electrons. The summed E-state index contributed by atoms with van der Waals surface area (Å²) in [5.74, 6) is -0.192. The molecule has 0 aromatic heterocycles. The Morgan fingerprint density at radius 3 is 2.31 bits per heavy atom. The average Bonchev–Trinajstić information content (AvgIpc) is 2.43. The molecule has 0 fully saturated rings. The molecule has 26 heavy (non-hydrogen) atoms. The Labute approximate surface area is 153 Å². The van der Waals surface area contributed by atoms with Crippen molar-refractivity contribution in [1.82, 2.24) is 10.6 Å². The van der Waals surface area contributed by atoms with E-state index in [1.165, 1.54) is 13.2 Å². The Kier molecular flexibility index (Phi) is 6.85. The van der Waals surface area contributed by atoms with Gasteiger partial charge in [0.1, 0.15) is 11.8 Å². The molecule has 9 nitrogen and oxygen atoms in total. The Bertz CT molecular complexity index is 771. The van der Waals surface area contributed by atoms with Gasteiger partial charge in [0.15, 0.2) is 0 Å². The van der Waals surface area contributed by atoms with Gasteiger partial charge in [0, 0.05) is 11.2 Å². The van der Waals surface area contributed by atoms with Crippen LogP contribution in [0.3, 0.4) is 0 Å². The third kappa shape index (κ3) is 7.60. The van der Waals surface area contributed by atoms with Gasteiger partial charge >= 0.3 is 6.03 Å². The summed E-state index contributed by atoms with van der Waals surface area (Å²) in [4.78, 5) is 23.9. The van der Waals surface area contributed by atoms with E-state index >= 15 is 0 Å². The van der Waals surface area contributed by atoms with Crippen molar-refractivity contribution in [1.29, 1.82) is 0 Å². The number of hydrogen-bond donors (Lipinski definition) is 4. The number of amides is 3. The number of imide groups is 1. The maximum Gasteiger partial charge on any atom is 0.321 e. The molecule has 0 spiro atoms. The molecule has 146 valence electrons. The van der Waals surface area contributed by atoms with E-state index in [1.807, 2.05) is 0 Å². The van der Waals surface area contributed by atoms with Gasteiger partial charge in [0.25, 0.3) is 0 Å². The summed E-state index contributed by atoms with van der Waals surface area (Å²) in [5, 5.41) is 7.78. The third-order valence-electron chi connectivity index (χ3n) is 3.00. The lowest BCUT2D eigenvalue weighted by atomic mass is 10.1. The van der Waals surface area contributed by atoms with Gasteiger partial charge in [-0.2, -0.15) is 0 Å². The number of sulfonamides is 1. The van der Waals surface area contributed by atoms with Crippen molar-refractivity contribution in [2.24, 2.45) is 0 Å². The zero-order valence-electron chi connectivity index (χ0n) is 15.8. The van der Waals surface area contributed by atoms with E-state index in [2.05, 4.69) is 20.7 Å². The number of benzene rings is 1. The Morgan fingerprint density at radius 2 is 1.81 bits per heavy atom. The second-order valence-electron chi connectivity index (χ2n) is 6.85. The van der Waals surface area contributed by atoms with Gasteiger partial charge in [-0.3, -0.25) is 14.8 Å². The molecule has 1 aromatic carbocycles. The van der Waals surface area contributed by atoms with Gasteiger partial charge in [-0.15, -0.1) is 0 Å². The number of hydrogen-bond acceptors (Lipinski definition) is 6. The fourth-order valence-electron chi connectivity index (χ4n) is 1.98. The van der Waals surface area contributed by atoms with Crippen LogP contribution in [0.15, 0.2) is 18.2 Å². The first-order valence-corrected chi connectivity index (χ1v) is 9.75. The lowest BCUT2D eigenvalue weighted by Crippen LogP contribution is -2.51. The van der Waals surface area contributed by atoms with Gasteiger partial charge in [-0.05, 0) is 45.9 Å². The minimum atomic E-state index is -3.49. The van der Waals surface area contributed by atoms with Crippen molar-refractivity contribution in [2.75, 3.05) is 23.4 Å². The monoisotopic (exact) mass is 386 g/mol. The number of urea groups is 1. The number of carbonyl (C=O) groups is 2. The van der Waals surface area contributed by atoms with Gasteiger partial charge in [0.2, 0.25) is 15.9 Å². The van der Waals surface area contributed by atoms with Crippen molar-refractivity contribution in [3.05, 3.63) is 18.2 Å². The smallest absolute Gasteiger partial charge is 0.321 e. The second-order valence-corrected chi connectivity index (χ2v) is 8.60. The highest BCUT2D eigenvalue weighted by Crippen LogP contribution is 2.28. The lowest BCUT2D eigenvalue weighted by molar-refractivity contribution is -0.120. The molecule has 3 amide bonds. The van der Waals surface area contributed by atoms with Crippen molar-refractivity contribution in [2.45, 2.75) is 39.3 Å². The van der Waals surface area contributed by atoms with Crippen molar-refractivity contribution >= 4 is 33.3 Å². The van der Waals surface area contributed by atoms with Crippen LogP contribution in [0.1, 0.15) is 27.7 Å². The maximum atomic E-state index is 12.1. The van der Waals surface area contributed by atoms with Crippen LogP contribution >= 0.6 is 0 Å². The highest BCUT2D eigenvalue weighted by Gasteiger charge is 2.19. The third-order valence-corrected chi connectivity index (χ3v) is 3.59. The quantitative estimate of drug-likeness (QED) is 0.587. The minimum absolute atomic E-state index is 0.234. The summed E-state index contributed by atoms with van der Waals surface area (Å²) in [6.45, 7) is 6.97. The molecule has 0 heterocycles. The molecule has 0 saturated carbocycles. The van der Waals surface area contributed by atoms with Crippen LogP contribution in [0.25, 0.3) is 0 Å². The van der Waals surface area contributed by atoms with Crippen LogP contribution in [0, 0.1) is 0 Å². The minimum Gasteiger partial charge on any atom is -0.495 e. The standard InChI is InChI=1S/C16H26N4O5S/c1-10(14(21)18-15(22)19-16(2,3)4)17-11-7-8-13(25-5)12(9-11)20-26(6,23)24/h7-10,17,20H,1-6H3,(H2,18,19,21,22)/t10-/m1/s1. The molecule has 0 saturated heterocycles. The molecular formula is C16H26N4O5S. The van der Waals surface area contributed by atoms with Crippen LogP contribution in [0.5, 0.6) is 5.75 Å². The number of anilines is 2. The number of carbonyl (C=O) groups excluding carboxylic acids is 2. The summed E-state index contributed by atoms with van der Waals surface area (Å²) in [5.41, 5.74) is 0.248. The summed E-state index contributed by atoms with van der Waals surface area (Å²) in [6.07, 6.45) is 1.02. The lowest BCUT2D eigenvalue weighted by Gasteiger charge is -2.22. The molecule has 10 heteroatoms. The van der Waals surface area contributed by atoms with Gasteiger partial charge in [-0.25, -0.2) is 13.2 Å². The molecule has 0 bridgehead atoms. The number of nitrogens with one attached hydrogen (secondary N) is 4. The zero-order chi connectivity index (χ0) is 20.1. The molecule has 4 N–H and O–H groups in total. The van der Waals surface area contributed by atoms with Crippen LogP contribution in [-0.4, -0.2) is 45.3 Å². The van der Waals surface area contributed by atoms with E-state index in [1.54, 1.807) is 39.8 Å². The largest absolute Gasteiger partial charge is 0.495 e. The maximum absolute atomic E-state index is 12.1. The van der Waals surface area contributed by atoms with E-state index in [-0.39, 0.29) is 5.69 Å². The SMILES string of the molecule is COc1ccc(N[C@H](C)C(=O)NC(=O)NC(C)(C)C)cc1NS(C)(=O)=O. The van der Waals surface area contributed by atoms with Crippen molar-refractivity contribution in [3.8, 4) is 5.75 Å². The Balaban J connectivity index is 2.82. The van der Waals surface area contributed by atoms with E-state index in [4.69, 9.17) is 4.74 Å². The van der Waals surface area contributed by atoms with E-state index in [0.717, 1.165) is 6.26 Å². The second kappa shape index (κ2) is 8.26. The topological polar surface area (TPSA) is 126 Å². The van der Waals surface area contributed by atoms with Crippen LogP contribution in [0.4, 0.5) is 16.2 Å². The molecule has 0 aliphatic rings. The number of methoxy groups -OCH3 is 1. The molecule has 0 aliphatic heterocycles. The highest BCUT2D eigenvalue weighted by atomic mass is 32.2. The van der Waals surface area contributed by atoms with Crippen LogP contribution in [-0.2, 0) is 14.8 Å². The average molecular weight is 386 g/mol. The summed E-state index contributed by atoms with van der Waals surface area (Å²) in [7, 11) is -2.08. The fourth-order valence-corrected chi connectivity index (χ4v) is 2.54. The van der Waals surface area contributed by atoms with Gasteiger partial charge in [0.05, 0.1) is 19.1 Å². The normalized spacial score (nSPS) is 12.7.